The summed E-state index contributed by atoms with van der Waals surface area (Å²) in [6.07, 6.45) is 8.49. The standard InChI is InChI=1S/C12H18BrN3Si/c1-9(10-6-5-7-11(10)13)16-8-12(14-15-16)17(2,3)4/h5-10H,1-4H3/t9-,10?/m0/s1. The Balaban J connectivity index is 2.21. The lowest BCUT2D eigenvalue weighted by atomic mass is 10.0. The van der Waals surface area contributed by atoms with Gasteiger partial charge in [-0.15, -0.1) is 5.10 Å². The van der Waals surface area contributed by atoms with Crippen molar-refractivity contribution in [3.63, 3.8) is 0 Å². The molecule has 1 aliphatic rings. The molecular weight excluding hydrogens is 294 g/mol. The maximum absolute atomic E-state index is 4.32. The molecule has 92 valence electrons. The second-order valence-corrected chi connectivity index (χ2v) is 11.5. The number of rotatable bonds is 3. The SMILES string of the molecule is C[C@@H](C1C=CC=C1Br)n1cc([Si](C)(C)C)nn1. The van der Waals surface area contributed by atoms with Crippen LogP contribution in [-0.4, -0.2) is 23.1 Å². The summed E-state index contributed by atoms with van der Waals surface area (Å²) in [7, 11) is -1.35. The lowest BCUT2D eigenvalue weighted by Crippen LogP contribution is -2.38. The predicted octanol–water partition coefficient (Wildman–Crippen LogP) is 2.85. The average molecular weight is 312 g/mol. The van der Waals surface area contributed by atoms with Crippen molar-refractivity contribution >= 4 is 29.3 Å². The van der Waals surface area contributed by atoms with Crippen molar-refractivity contribution in [2.75, 3.05) is 0 Å². The van der Waals surface area contributed by atoms with Gasteiger partial charge in [0.25, 0.3) is 0 Å². The fraction of sp³-hybridized carbons (Fsp3) is 0.500. The lowest BCUT2D eigenvalue weighted by molar-refractivity contribution is 0.422. The second-order valence-electron chi connectivity index (χ2n) is 5.54. The maximum Gasteiger partial charge on any atom is 0.106 e. The van der Waals surface area contributed by atoms with Crippen LogP contribution in [0.25, 0.3) is 0 Å². The van der Waals surface area contributed by atoms with Gasteiger partial charge in [0.1, 0.15) is 8.07 Å². The summed E-state index contributed by atoms with van der Waals surface area (Å²) in [6.45, 7) is 9.05. The molecule has 0 saturated carbocycles. The number of hydrogen-bond acceptors (Lipinski definition) is 2. The highest BCUT2D eigenvalue weighted by Crippen LogP contribution is 2.33. The van der Waals surface area contributed by atoms with Crippen LogP contribution in [0.2, 0.25) is 19.6 Å². The van der Waals surface area contributed by atoms with Crippen LogP contribution in [0, 0.1) is 5.92 Å². The molecule has 1 heterocycles. The van der Waals surface area contributed by atoms with Gasteiger partial charge in [-0.25, -0.2) is 4.68 Å². The van der Waals surface area contributed by atoms with E-state index in [-0.39, 0.29) is 0 Å². The van der Waals surface area contributed by atoms with Crippen molar-refractivity contribution in [2.45, 2.75) is 32.6 Å². The third kappa shape index (κ3) is 2.60. The minimum absolute atomic E-state index is 0.303. The molecule has 3 nitrogen and oxygen atoms in total. The molecule has 1 aromatic heterocycles. The van der Waals surface area contributed by atoms with E-state index in [1.807, 2.05) is 4.68 Å². The predicted molar refractivity (Wildman–Crippen MR) is 77.4 cm³/mol. The van der Waals surface area contributed by atoms with Crippen molar-refractivity contribution in [1.82, 2.24) is 15.0 Å². The maximum atomic E-state index is 4.32. The highest BCUT2D eigenvalue weighted by molar-refractivity contribution is 9.11. The minimum atomic E-state index is -1.35. The van der Waals surface area contributed by atoms with E-state index < -0.39 is 8.07 Å². The molecule has 1 aliphatic carbocycles. The van der Waals surface area contributed by atoms with Crippen LogP contribution in [0.4, 0.5) is 0 Å². The lowest BCUT2D eigenvalue weighted by Gasteiger charge is -2.18. The van der Waals surface area contributed by atoms with Crippen LogP contribution in [0.3, 0.4) is 0 Å². The number of hydrogen-bond donors (Lipinski definition) is 0. The highest BCUT2D eigenvalue weighted by Gasteiger charge is 2.25. The molecule has 0 spiro atoms. The highest BCUT2D eigenvalue weighted by atomic mass is 79.9. The van der Waals surface area contributed by atoms with Gasteiger partial charge in [0.05, 0.1) is 11.4 Å². The monoisotopic (exact) mass is 311 g/mol. The summed E-state index contributed by atoms with van der Waals surface area (Å²) in [4.78, 5) is 0. The molecule has 0 N–H and O–H groups in total. The van der Waals surface area contributed by atoms with Crippen molar-refractivity contribution in [3.05, 3.63) is 28.9 Å². The number of halogens is 1. The molecule has 1 unspecified atom stereocenters. The molecule has 0 aromatic carbocycles. The molecule has 17 heavy (non-hydrogen) atoms. The molecule has 0 bridgehead atoms. The first kappa shape index (κ1) is 12.8. The van der Waals surface area contributed by atoms with E-state index in [0.29, 0.717) is 12.0 Å². The van der Waals surface area contributed by atoms with Gasteiger partial charge < -0.3 is 0 Å². The van der Waals surface area contributed by atoms with Crippen LogP contribution in [0.15, 0.2) is 28.9 Å². The van der Waals surface area contributed by atoms with Gasteiger partial charge in [0, 0.05) is 16.6 Å². The van der Waals surface area contributed by atoms with E-state index in [2.05, 4.69) is 77.2 Å². The summed E-state index contributed by atoms with van der Waals surface area (Å²) in [5.74, 6) is 0.381. The van der Waals surface area contributed by atoms with E-state index in [1.165, 1.54) is 9.80 Å². The third-order valence-electron chi connectivity index (χ3n) is 3.11. The van der Waals surface area contributed by atoms with Crippen molar-refractivity contribution in [3.8, 4) is 0 Å². The van der Waals surface area contributed by atoms with Gasteiger partial charge in [-0.2, -0.15) is 0 Å². The quantitative estimate of drug-likeness (QED) is 0.804. The molecule has 1 aromatic rings. The van der Waals surface area contributed by atoms with E-state index >= 15 is 0 Å². The van der Waals surface area contributed by atoms with Crippen LogP contribution >= 0.6 is 15.9 Å². The van der Waals surface area contributed by atoms with E-state index in [1.54, 1.807) is 0 Å². The molecular formula is C12H18BrN3Si. The van der Waals surface area contributed by atoms with Gasteiger partial charge in [0.2, 0.25) is 0 Å². The Morgan fingerprint density at radius 3 is 2.59 bits per heavy atom. The summed E-state index contributed by atoms with van der Waals surface area (Å²) < 4.78 is 3.21. The third-order valence-corrected chi connectivity index (χ3v) is 5.67. The topological polar surface area (TPSA) is 30.7 Å². The summed E-state index contributed by atoms with van der Waals surface area (Å²) >= 11 is 3.59. The summed E-state index contributed by atoms with van der Waals surface area (Å²) in [5, 5.41) is 9.77. The number of aromatic nitrogens is 3. The Bertz CT molecular complexity index is 470. The zero-order chi connectivity index (χ0) is 12.6. The van der Waals surface area contributed by atoms with Crippen LogP contribution in [0.1, 0.15) is 13.0 Å². The van der Waals surface area contributed by atoms with Gasteiger partial charge in [-0.3, -0.25) is 0 Å². The van der Waals surface area contributed by atoms with E-state index in [4.69, 9.17) is 0 Å². The molecule has 0 saturated heterocycles. The van der Waals surface area contributed by atoms with Gasteiger partial charge in [-0.05, 0) is 6.92 Å². The van der Waals surface area contributed by atoms with Crippen molar-refractivity contribution in [2.24, 2.45) is 5.92 Å². The Morgan fingerprint density at radius 2 is 2.12 bits per heavy atom. The summed E-state index contributed by atoms with van der Waals surface area (Å²) in [5.41, 5.74) is 0. The number of nitrogens with zero attached hydrogens (tertiary/aromatic N) is 3. The first-order chi connectivity index (χ1) is 7.89. The van der Waals surface area contributed by atoms with Gasteiger partial charge in [-0.1, -0.05) is 59.0 Å². The molecule has 0 radical (unpaired) electrons. The smallest absolute Gasteiger partial charge is 0.106 e. The van der Waals surface area contributed by atoms with Crippen LogP contribution < -0.4 is 5.32 Å². The largest absolute Gasteiger partial charge is 0.249 e. The number of allylic oxidation sites excluding steroid dienone is 4. The molecule has 0 fully saturated rings. The molecule has 2 atom stereocenters. The van der Waals surface area contributed by atoms with Gasteiger partial charge >= 0.3 is 0 Å². The average Bonchev–Trinajstić information content (AvgIpc) is 2.83. The van der Waals surface area contributed by atoms with Gasteiger partial charge in [0.15, 0.2) is 0 Å². The zero-order valence-electron chi connectivity index (χ0n) is 10.7. The van der Waals surface area contributed by atoms with E-state index in [0.717, 1.165) is 0 Å². The molecule has 0 aliphatic heterocycles. The van der Waals surface area contributed by atoms with E-state index in [9.17, 15) is 0 Å². The Morgan fingerprint density at radius 1 is 1.41 bits per heavy atom. The van der Waals surface area contributed by atoms with Crippen LogP contribution in [0.5, 0.6) is 0 Å². The molecule has 2 rings (SSSR count). The normalized spacial score (nSPS) is 21.7. The zero-order valence-corrected chi connectivity index (χ0v) is 13.3. The second kappa shape index (κ2) is 4.53. The Labute approximate surface area is 112 Å². The fourth-order valence-corrected chi connectivity index (χ4v) is 3.40. The summed E-state index contributed by atoms with van der Waals surface area (Å²) in [6, 6.07) is 0.303. The first-order valence-electron chi connectivity index (χ1n) is 5.86. The Hall–Kier alpha value is -0.683. The van der Waals surface area contributed by atoms with Crippen LogP contribution in [-0.2, 0) is 0 Å². The van der Waals surface area contributed by atoms with Crippen molar-refractivity contribution in [1.29, 1.82) is 0 Å². The van der Waals surface area contributed by atoms with Crippen molar-refractivity contribution < 1.29 is 0 Å². The fourth-order valence-electron chi connectivity index (χ4n) is 1.85. The minimum Gasteiger partial charge on any atom is -0.249 e. The molecule has 5 heteroatoms. The molecule has 0 amide bonds. The first-order valence-corrected chi connectivity index (χ1v) is 10.1. The Kier molecular flexibility index (Phi) is 3.40.